The van der Waals surface area contributed by atoms with E-state index in [4.69, 9.17) is 14.9 Å². The topological polar surface area (TPSA) is 87.0 Å². The van der Waals surface area contributed by atoms with Crippen LogP contribution in [0.3, 0.4) is 0 Å². The summed E-state index contributed by atoms with van der Waals surface area (Å²) >= 11 is 0. The molecule has 1 unspecified atom stereocenters. The van der Waals surface area contributed by atoms with Gasteiger partial charge >= 0.3 is 5.97 Å². The highest BCUT2D eigenvalue weighted by Gasteiger charge is 2.03. The monoisotopic (exact) mass is 304 g/mol. The zero-order chi connectivity index (χ0) is 15.8. The van der Waals surface area contributed by atoms with Crippen LogP contribution in [0.25, 0.3) is 0 Å². The van der Waals surface area contributed by atoms with Gasteiger partial charge in [0.05, 0.1) is 25.9 Å². The van der Waals surface area contributed by atoms with Crippen molar-refractivity contribution in [3.05, 3.63) is 0 Å². The number of hydrogen-bond acceptors (Lipinski definition) is 4. The summed E-state index contributed by atoms with van der Waals surface area (Å²) in [5, 5.41) is 26.6. The molecule has 0 aliphatic rings. The molecule has 0 saturated heterocycles. The predicted octanol–water partition coefficient (Wildman–Crippen LogP) is 2.73. The number of carboxylic acid groups (broad SMARTS) is 1. The summed E-state index contributed by atoms with van der Waals surface area (Å²) in [7, 11) is 0. The molecule has 0 spiro atoms. The van der Waals surface area contributed by atoms with Crippen molar-refractivity contribution in [3.63, 3.8) is 0 Å². The molecular formula is C16H32O5. The van der Waals surface area contributed by atoms with Gasteiger partial charge in [0.1, 0.15) is 0 Å². The Bertz CT molecular complexity index is 233. The second kappa shape index (κ2) is 15.7. The number of ether oxygens (including phenoxy) is 1. The van der Waals surface area contributed by atoms with Crippen molar-refractivity contribution in [1.29, 1.82) is 0 Å². The van der Waals surface area contributed by atoms with Crippen molar-refractivity contribution in [2.75, 3.05) is 19.8 Å². The van der Waals surface area contributed by atoms with Gasteiger partial charge in [-0.25, -0.2) is 0 Å². The molecule has 0 aliphatic heterocycles. The summed E-state index contributed by atoms with van der Waals surface area (Å²) in [5.74, 6) is -0.695. The van der Waals surface area contributed by atoms with E-state index in [1.54, 1.807) is 0 Å². The van der Waals surface area contributed by atoms with Crippen LogP contribution in [0.5, 0.6) is 0 Å². The molecule has 0 saturated carbocycles. The first-order valence-electron chi connectivity index (χ1n) is 8.25. The van der Waals surface area contributed by atoms with Crippen LogP contribution in [0.15, 0.2) is 0 Å². The number of hydrogen-bond donors (Lipinski definition) is 3. The number of rotatable bonds is 16. The summed E-state index contributed by atoms with van der Waals surface area (Å²) in [6.07, 6.45) is 10.6. The van der Waals surface area contributed by atoms with Gasteiger partial charge in [0.25, 0.3) is 0 Å². The largest absolute Gasteiger partial charge is 0.481 e. The average Bonchev–Trinajstić information content (AvgIpc) is 2.44. The molecule has 0 aromatic carbocycles. The van der Waals surface area contributed by atoms with E-state index in [0.717, 1.165) is 38.5 Å². The van der Waals surface area contributed by atoms with Crippen LogP contribution in [0.1, 0.15) is 70.6 Å². The molecule has 126 valence electrons. The molecule has 3 N–H and O–H groups in total. The maximum Gasteiger partial charge on any atom is 0.303 e. The minimum atomic E-state index is -0.695. The Kier molecular flexibility index (Phi) is 15.2. The molecule has 1 atom stereocenters. The quantitative estimate of drug-likeness (QED) is 0.382. The van der Waals surface area contributed by atoms with E-state index in [1.165, 1.54) is 25.7 Å². The van der Waals surface area contributed by atoms with E-state index in [-0.39, 0.29) is 6.61 Å². The van der Waals surface area contributed by atoms with Gasteiger partial charge in [-0.15, -0.1) is 0 Å². The van der Waals surface area contributed by atoms with Crippen LogP contribution in [-0.2, 0) is 9.53 Å². The normalized spacial score (nSPS) is 12.5. The summed E-state index contributed by atoms with van der Waals surface area (Å²) in [6.45, 7) is 0.615. The lowest BCUT2D eigenvalue weighted by molar-refractivity contribution is -0.137. The van der Waals surface area contributed by atoms with Gasteiger partial charge in [-0.2, -0.15) is 0 Å². The number of aliphatic hydroxyl groups excluding tert-OH is 2. The fraction of sp³-hybridized carbons (Fsp3) is 0.938. The zero-order valence-corrected chi connectivity index (χ0v) is 13.1. The Morgan fingerprint density at radius 2 is 1.43 bits per heavy atom. The molecule has 0 radical (unpaired) electrons. The van der Waals surface area contributed by atoms with Crippen molar-refractivity contribution in [2.24, 2.45) is 0 Å². The molecule has 0 rings (SSSR count). The highest BCUT2D eigenvalue weighted by atomic mass is 16.5. The molecule has 21 heavy (non-hydrogen) atoms. The van der Waals surface area contributed by atoms with Gasteiger partial charge in [0, 0.05) is 6.42 Å². The lowest BCUT2D eigenvalue weighted by Crippen LogP contribution is -2.16. The Labute approximate surface area is 128 Å². The predicted molar refractivity (Wildman–Crippen MR) is 82.3 cm³/mol. The highest BCUT2D eigenvalue weighted by molar-refractivity contribution is 5.66. The third kappa shape index (κ3) is 17.3. The third-order valence-corrected chi connectivity index (χ3v) is 3.47. The summed E-state index contributed by atoms with van der Waals surface area (Å²) in [6, 6.07) is 0. The van der Waals surface area contributed by atoms with Crippen LogP contribution in [0.4, 0.5) is 0 Å². The summed E-state index contributed by atoms with van der Waals surface area (Å²) in [4.78, 5) is 10.3. The van der Waals surface area contributed by atoms with E-state index < -0.39 is 12.1 Å². The van der Waals surface area contributed by atoms with Crippen molar-refractivity contribution in [3.8, 4) is 0 Å². The van der Waals surface area contributed by atoms with Crippen LogP contribution in [-0.4, -0.2) is 47.2 Å². The first kappa shape index (κ1) is 20.3. The van der Waals surface area contributed by atoms with E-state index in [1.807, 2.05) is 0 Å². The maximum absolute atomic E-state index is 10.3. The number of aliphatic hydroxyl groups is 2. The molecular weight excluding hydrogens is 272 g/mol. The molecule has 0 heterocycles. The van der Waals surface area contributed by atoms with Gasteiger partial charge in [-0.3, -0.25) is 4.79 Å². The molecule has 5 nitrogen and oxygen atoms in total. The lowest BCUT2D eigenvalue weighted by atomic mass is 10.0. The van der Waals surface area contributed by atoms with Crippen LogP contribution in [0.2, 0.25) is 0 Å². The molecule has 0 aromatic heterocycles. The van der Waals surface area contributed by atoms with Crippen molar-refractivity contribution >= 4 is 5.97 Å². The lowest BCUT2D eigenvalue weighted by Gasteiger charge is -2.10. The van der Waals surface area contributed by atoms with E-state index in [0.29, 0.717) is 19.6 Å². The molecule has 0 fully saturated rings. The number of carbonyl (C=O) groups is 1. The Morgan fingerprint density at radius 3 is 1.95 bits per heavy atom. The number of aliphatic carboxylic acids is 1. The van der Waals surface area contributed by atoms with Gasteiger partial charge in [0.2, 0.25) is 0 Å². The van der Waals surface area contributed by atoms with Crippen LogP contribution in [0, 0.1) is 0 Å². The highest BCUT2D eigenvalue weighted by Crippen LogP contribution is 2.12. The van der Waals surface area contributed by atoms with Gasteiger partial charge in [-0.1, -0.05) is 51.4 Å². The summed E-state index contributed by atoms with van der Waals surface area (Å²) in [5.41, 5.74) is 0. The average molecular weight is 304 g/mol. The van der Waals surface area contributed by atoms with Gasteiger partial charge in [0.15, 0.2) is 0 Å². The molecule has 0 bridgehead atoms. The van der Waals surface area contributed by atoms with Crippen molar-refractivity contribution in [2.45, 2.75) is 76.7 Å². The SMILES string of the molecule is O=C(O)CCCCCCCCCCCC(O)COCCO. The first-order chi connectivity index (χ1) is 10.2. The van der Waals surface area contributed by atoms with E-state index in [9.17, 15) is 9.90 Å². The Morgan fingerprint density at radius 1 is 0.905 bits per heavy atom. The van der Waals surface area contributed by atoms with Gasteiger partial charge in [-0.05, 0) is 12.8 Å². The second-order valence-corrected chi connectivity index (χ2v) is 5.57. The van der Waals surface area contributed by atoms with Crippen molar-refractivity contribution < 1.29 is 24.9 Å². The first-order valence-corrected chi connectivity index (χ1v) is 8.25. The zero-order valence-electron chi connectivity index (χ0n) is 13.1. The van der Waals surface area contributed by atoms with Gasteiger partial charge < -0.3 is 20.1 Å². The molecule has 0 aliphatic carbocycles. The Hall–Kier alpha value is -0.650. The number of unbranched alkanes of at least 4 members (excludes halogenated alkanes) is 8. The molecule has 0 amide bonds. The second-order valence-electron chi connectivity index (χ2n) is 5.57. The summed E-state index contributed by atoms with van der Waals surface area (Å²) < 4.78 is 5.06. The fourth-order valence-electron chi connectivity index (χ4n) is 2.26. The third-order valence-electron chi connectivity index (χ3n) is 3.47. The molecule has 5 heteroatoms. The smallest absolute Gasteiger partial charge is 0.303 e. The Balaban J connectivity index is 3.10. The molecule has 0 aromatic rings. The van der Waals surface area contributed by atoms with E-state index in [2.05, 4.69) is 0 Å². The van der Waals surface area contributed by atoms with Crippen LogP contribution >= 0.6 is 0 Å². The maximum atomic E-state index is 10.3. The minimum absolute atomic E-state index is 0.00300. The van der Waals surface area contributed by atoms with Crippen molar-refractivity contribution in [1.82, 2.24) is 0 Å². The standard InChI is InChI=1S/C16H32O5/c17-12-13-21-14-15(18)10-8-6-4-2-1-3-5-7-9-11-16(19)20/h15,17-18H,1-14H2,(H,19,20). The van der Waals surface area contributed by atoms with E-state index >= 15 is 0 Å². The fourth-order valence-corrected chi connectivity index (χ4v) is 2.26. The minimum Gasteiger partial charge on any atom is -0.481 e. The number of carboxylic acids is 1. The van der Waals surface area contributed by atoms with Crippen LogP contribution < -0.4 is 0 Å².